The highest BCUT2D eigenvalue weighted by Crippen LogP contribution is 2.29. The van der Waals surface area contributed by atoms with E-state index < -0.39 is 0 Å². The summed E-state index contributed by atoms with van der Waals surface area (Å²) in [6.45, 7) is 7.39. The van der Waals surface area contributed by atoms with Crippen molar-refractivity contribution in [2.24, 2.45) is 5.92 Å². The SMILES string of the molecule is CCNc1cc(CC(C)C)nc2c(Cl)cccc12. The van der Waals surface area contributed by atoms with E-state index in [9.17, 15) is 0 Å². The third kappa shape index (κ3) is 2.75. The van der Waals surface area contributed by atoms with E-state index in [4.69, 9.17) is 11.6 Å². The number of rotatable bonds is 4. The molecule has 18 heavy (non-hydrogen) atoms. The zero-order chi connectivity index (χ0) is 13.1. The summed E-state index contributed by atoms with van der Waals surface area (Å²) < 4.78 is 0. The lowest BCUT2D eigenvalue weighted by Crippen LogP contribution is -2.03. The molecule has 0 aliphatic heterocycles. The van der Waals surface area contributed by atoms with Gasteiger partial charge in [0.25, 0.3) is 0 Å². The molecule has 0 aliphatic rings. The van der Waals surface area contributed by atoms with Crippen LogP contribution in [0.3, 0.4) is 0 Å². The Balaban J connectivity index is 2.59. The summed E-state index contributed by atoms with van der Waals surface area (Å²) >= 11 is 6.25. The maximum atomic E-state index is 6.25. The molecule has 1 N–H and O–H groups in total. The van der Waals surface area contributed by atoms with Crippen LogP contribution in [-0.2, 0) is 6.42 Å². The smallest absolute Gasteiger partial charge is 0.0912 e. The average Bonchev–Trinajstić information content (AvgIpc) is 2.30. The molecule has 1 aromatic carbocycles. The summed E-state index contributed by atoms with van der Waals surface area (Å²) in [5, 5.41) is 5.21. The minimum Gasteiger partial charge on any atom is -0.385 e. The Morgan fingerprint density at radius 3 is 2.78 bits per heavy atom. The normalized spacial score (nSPS) is 11.2. The summed E-state index contributed by atoms with van der Waals surface area (Å²) in [6, 6.07) is 8.06. The van der Waals surface area contributed by atoms with Gasteiger partial charge in [-0.15, -0.1) is 0 Å². The van der Waals surface area contributed by atoms with Crippen molar-refractivity contribution in [3.63, 3.8) is 0 Å². The number of nitrogens with zero attached hydrogens (tertiary/aromatic N) is 1. The summed E-state index contributed by atoms with van der Waals surface area (Å²) in [5.41, 5.74) is 3.12. The molecule has 1 aromatic heterocycles. The van der Waals surface area contributed by atoms with Crippen LogP contribution in [0, 0.1) is 5.92 Å². The van der Waals surface area contributed by atoms with Gasteiger partial charge >= 0.3 is 0 Å². The number of halogens is 1. The predicted octanol–water partition coefficient (Wildman–Crippen LogP) is 4.52. The quantitative estimate of drug-likeness (QED) is 0.876. The summed E-state index contributed by atoms with van der Waals surface area (Å²) in [5.74, 6) is 0.590. The number of hydrogen-bond donors (Lipinski definition) is 1. The van der Waals surface area contributed by atoms with Gasteiger partial charge in [0.1, 0.15) is 0 Å². The molecule has 0 saturated heterocycles. The molecule has 0 atom stereocenters. The zero-order valence-corrected chi connectivity index (χ0v) is 11.9. The lowest BCUT2D eigenvalue weighted by molar-refractivity contribution is 0.637. The number of hydrogen-bond acceptors (Lipinski definition) is 2. The zero-order valence-electron chi connectivity index (χ0n) is 11.1. The first-order valence-electron chi connectivity index (χ1n) is 6.43. The predicted molar refractivity (Wildman–Crippen MR) is 79.5 cm³/mol. The van der Waals surface area contributed by atoms with E-state index in [2.05, 4.69) is 43.2 Å². The molecule has 0 radical (unpaired) electrons. The van der Waals surface area contributed by atoms with Crippen molar-refractivity contribution in [3.8, 4) is 0 Å². The molecule has 0 aliphatic carbocycles. The number of anilines is 1. The van der Waals surface area contributed by atoms with E-state index in [1.807, 2.05) is 12.1 Å². The monoisotopic (exact) mass is 262 g/mol. The second-order valence-electron chi connectivity index (χ2n) is 4.93. The molecule has 0 spiro atoms. The van der Waals surface area contributed by atoms with Crippen molar-refractivity contribution in [2.45, 2.75) is 27.2 Å². The first-order chi connectivity index (χ1) is 8.61. The highest BCUT2D eigenvalue weighted by Gasteiger charge is 2.09. The highest BCUT2D eigenvalue weighted by atomic mass is 35.5. The van der Waals surface area contributed by atoms with Crippen LogP contribution < -0.4 is 5.32 Å². The molecular formula is C15H19ClN2. The minimum atomic E-state index is 0.590. The van der Waals surface area contributed by atoms with Gasteiger partial charge in [0.05, 0.1) is 10.5 Å². The topological polar surface area (TPSA) is 24.9 Å². The number of pyridine rings is 1. The molecule has 0 bridgehead atoms. The fourth-order valence-corrected chi connectivity index (χ4v) is 2.34. The van der Waals surface area contributed by atoms with Gasteiger partial charge in [-0.25, -0.2) is 0 Å². The summed E-state index contributed by atoms with van der Waals surface area (Å²) in [6.07, 6.45) is 0.972. The van der Waals surface area contributed by atoms with E-state index in [1.165, 1.54) is 0 Å². The minimum absolute atomic E-state index is 0.590. The summed E-state index contributed by atoms with van der Waals surface area (Å²) in [4.78, 5) is 4.69. The van der Waals surface area contributed by atoms with Crippen molar-refractivity contribution in [2.75, 3.05) is 11.9 Å². The molecule has 0 amide bonds. The van der Waals surface area contributed by atoms with Crippen molar-refractivity contribution < 1.29 is 0 Å². The molecule has 1 heterocycles. The molecule has 2 nitrogen and oxygen atoms in total. The molecule has 3 heteroatoms. The Morgan fingerprint density at radius 1 is 1.33 bits per heavy atom. The van der Waals surface area contributed by atoms with Gasteiger partial charge in [0, 0.05) is 23.3 Å². The molecule has 0 saturated carbocycles. The van der Waals surface area contributed by atoms with Crippen LogP contribution in [0.4, 0.5) is 5.69 Å². The first-order valence-corrected chi connectivity index (χ1v) is 6.81. The van der Waals surface area contributed by atoms with Crippen molar-refractivity contribution >= 4 is 28.2 Å². The fraction of sp³-hybridized carbons (Fsp3) is 0.400. The van der Waals surface area contributed by atoms with Crippen molar-refractivity contribution in [1.29, 1.82) is 0 Å². The van der Waals surface area contributed by atoms with E-state index in [1.54, 1.807) is 0 Å². The lowest BCUT2D eigenvalue weighted by atomic mass is 10.1. The van der Waals surface area contributed by atoms with E-state index in [-0.39, 0.29) is 0 Å². The largest absolute Gasteiger partial charge is 0.385 e. The van der Waals surface area contributed by atoms with Crippen LogP contribution in [0.1, 0.15) is 26.5 Å². The molecule has 96 valence electrons. The van der Waals surface area contributed by atoms with Crippen LogP contribution in [0.2, 0.25) is 5.02 Å². The highest BCUT2D eigenvalue weighted by molar-refractivity contribution is 6.35. The maximum Gasteiger partial charge on any atom is 0.0912 e. The van der Waals surface area contributed by atoms with Crippen LogP contribution in [0.25, 0.3) is 10.9 Å². The van der Waals surface area contributed by atoms with E-state index in [0.29, 0.717) is 5.92 Å². The molecular weight excluding hydrogens is 244 g/mol. The Morgan fingerprint density at radius 2 is 2.11 bits per heavy atom. The fourth-order valence-electron chi connectivity index (χ4n) is 2.13. The third-order valence-electron chi connectivity index (χ3n) is 2.83. The second kappa shape index (κ2) is 5.57. The van der Waals surface area contributed by atoms with Crippen LogP contribution >= 0.6 is 11.6 Å². The number of benzene rings is 1. The number of fused-ring (bicyclic) bond motifs is 1. The van der Waals surface area contributed by atoms with Gasteiger partial charge in [0.2, 0.25) is 0 Å². The van der Waals surface area contributed by atoms with Crippen LogP contribution in [0.15, 0.2) is 24.3 Å². The van der Waals surface area contributed by atoms with Crippen molar-refractivity contribution in [3.05, 3.63) is 35.0 Å². The molecule has 2 aromatic rings. The van der Waals surface area contributed by atoms with Crippen molar-refractivity contribution in [1.82, 2.24) is 4.98 Å². The van der Waals surface area contributed by atoms with E-state index >= 15 is 0 Å². The molecule has 2 rings (SSSR count). The van der Waals surface area contributed by atoms with E-state index in [0.717, 1.165) is 40.3 Å². The third-order valence-corrected chi connectivity index (χ3v) is 3.13. The number of para-hydroxylation sites is 1. The second-order valence-corrected chi connectivity index (χ2v) is 5.33. The Labute approximate surface area is 113 Å². The Bertz CT molecular complexity index is 549. The van der Waals surface area contributed by atoms with Gasteiger partial charge in [-0.2, -0.15) is 0 Å². The Kier molecular flexibility index (Phi) is 4.07. The lowest BCUT2D eigenvalue weighted by Gasteiger charge is -2.12. The average molecular weight is 263 g/mol. The summed E-state index contributed by atoms with van der Waals surface area (Å²) in [7, 11) is 0. The van der Waals surface area contributed by atoms with Gasteiger partial charge < -0.3 is 5.32 Å². The van der Waals surface area contributed by atoms with Gasteiger partial charge in [-0.3, -0.25) is 4.98 Å². The molecule has 0 fully saturated rings. The molecule has 0 unspecified atom stereocenters. The maximum absolute atomic E-state index is 6.25. The van der Waals surface area contributed by atoms with Gasteiger partial charge in [0.15, 0.2) is 0 Å². The standard InChI is InChI=1S/C15H19ClN2/c1-4-17-14-9-11(8-10(2)3)18-15-12(14)6-5-7-13(15)16/h5-7,9-10H,4,8H2,1-3H3,(H,17,18). The van der Waals surface area contributed by atoms with Crippen LogP contribution in [0.5, 0.6) is 0 Å². The Hall–Kier alpha value is -1.28. The first kappa shape index (κ1) is 13.2. The number of nitrogens with one attached hydrogen (secondary N) is 1. The van der Waals surface area contributed by atoms with Gasteiger partial charge in [-0.1, -0.05) is 37.6 Å². The number of aromatic nitrogens is 1. The van der Waals surface area contributed by atoms with Crippen LogP contribution in [-0.4, -0.2) is 11.5 Å². The van der Waals surface area contributed by atoms with Gasteiger partial charge in [-0.05, 0) is 31.4 Å².